The third kappa shape index (κ3) is 13.3. The summed E-state index contributed by atoms with van der Waals surface area (Å²) in [5.74, 6) is 0.412. The molecular formula is C29H53NO4S2. The number of thioether (sulfide) groups is 2. The van der Waals surface area contributed by atoms with Crippen LogP contribution in [0.2, 0.25) is 0 Å². The van der Waals surface area contributed by atoms with Crippen molar-refractivity contribution in [1.82, 2.24) is 4.90 Å². The zero-order valence-electron chi connectivity index (χ0n) is 24.2. The minimum Gasteiger partial charge on any atom is -0.462 e. The molecule has 0 saturated carbocycles. The van der Waals surface area contributed by atoms with Gasteiger partial charge in [0.15, 0.2) is 10.2 Å². The third-order valence-corrected chi connectivity index (χ3v) is 9.57. The first-order valence-electron chi connectivity index (χ1n) is 14.0. The predicted molar refractivity (Wildman–Crippen MR) is 155 cm³/mol. The molecule has 1 aliphatic heterocycles. The van der Waals surface area contributed by atoms with Crippen molar-refractivity contribution in [2.45, 2.75) is 117 Å². The first kappa shape index (κ1) is 33.5. The van der Waals surface area contributed by atoms with Crippen molar-refractivity contribution in [1.29, 1.82) is 0 Å². The smallest absolute Gasteiger partial charge is 0.306 e. The molecule has 1 heterocycles. The van der Waals surface area contributed by atoms with Gasteiger partial charge in [-0.25, -0.2) is 0 Å². The Kier molecular flexibility index (Phi) is 15.9. The van der Waals surface area contributed by atoms with Crippen LogP contribution in [0.4, 0.5) is 0 Å². The highest BCUT2D eigenvalue weighted by Gasteiger charge is 2.27. The Bertz CT molecular complexity index is 634. The number of ether oxygens (including phenoxy) is 1. The van der Waals surface area contributed by atoms with Gasteiger partial charge in [0.05, 0.1) is 0 Å². The van der Waals surface area contributed by atoms with Crippen LogP contribution in [0.15, 0.2) is 0 Å². The van der Waals surface area contributed by atoms with Crippen LogP contribution in [-0.2, 0) is 19.1 Å². The average Bonchev–Trinajstić information content (AvgIpc) is 2.83. The number of esters is 1. The molecule has 0 N–H and O–H groups in total. The lowest BCUT2D eigenvalue weighted by Gasteiger charge is -2.29. The van der Waals surface area contributed by atoms with Crippen LogP contribution in [0.5, 0.6) is 0 Å². The zero-order chi connectivity index (χ0) is 27.2. The fraction of sp³-hybridized carbons (Fsp3) is 0.897. The van der Waals surface area contributed by atoms with Gasteiger partial charge in [0.2, 0.25) is 0 Å². The summed E-state index contributed by atoms with van der Waals surface area (Å²) >= 11 is 2.64. The molecule has 0 aromatic heterocycles. The van der Waals surface area contributed by atoms with E-state index in [1.807, 2.05) is 40.2 Å². The van der Waals surface area contributed by atoms with Gasteiger partial charge in [-0.3, -0.25) is 14.4 Å². The molecule has 0 amide bonds. The highest BCUT2D eigenvalue weighted by atomic mass is 32.2. The molecule has 0 aromatic rings. The SMILES string of the molecule is CSC(=O)C(C)(C)CCCCCC(CCCCCC(C)(C)C(=O)SC)OC(=O)CC1CCN(C)CC1. The Morgan fingerprint density at radius 1 is 0.806 bits per heavy atom. The summed E-state index contributed by atoms with van der Waals surface area (Å²) in [5, 5.41) is 0.510. The molecule has 1 aliphatic rings. The summed E-state index contributed by atoms with van der Waals surface area (Å²) in [5.41, 5.74) is -0.546. The Balaban J connectivity index is 2.48. The van der Waals surface area contributed by atoms with E-state index in [1.165, 1.54) is 23.5 Å². The number of rotatable bonds is 17. The van der Waals surface area contributed by atoms with Crippen LogP contribution in [0.3, 0.4) is 0 Å². The maximum absolute atomic E-state index is 12.7. The van der Waals surface area contributed by atoms with Gasteiger partial charge < -0.3 is 9.64 Å². The minimum absolute atomic E-state index is 0.0227. The van der Waals surface area contributed by atoms with Crippen molar-refractivity contribution in [3.63, 3.8) is 0 Å². The molecule has 1 rings (SSSR count). The highest BCUT2D eigenvalue weighted by Crippen LogP contribution is 2.31. The first-order chi connectivity index (χ1) is 16.9. The molecule has 0 spiro atoms. The van der Waals surface area contributed by atoms with Gasteiger partial charge in [0.1, 0.15) is 6.10 Å². The number of hydrogen-bond acceptors (Lipinski definition) is 7. The van der Waals surface area contributed by atoms with Gasteiger partial charge in [-0.05, 0) is 89.9 Å². The van der Waals surface area contributed by atoms with Gasteiger partial charge >= 0.3 is 5.97 Å². The molecule has 0 radical (unpaired) electrons. The number of piperidine rings is 1. The number of carbonyl (C=O) groups is 3. The monoisotopic (exact) mass is 543 g/mol. The standard InChI is InChI=1S/C29H53NO4S2/c1-28(2,26(32)35-6)18-12-8-10-14-24(15-11-9-13-19-29(3,4)27(33)36-7)34-25(31)22-23-16-20-30(5)21-17-23/h23-24H,8-22H2,1-7H3. The van der Waals surface area contributed by atoms with Crippen molar-refractivity contribution >= 4 is 39.7 Å². The quantitative estimate of drug-likeness (QED) is 0.140. The zero-order valence-corrected chi connectivity index (χ0v) is 25.8. The molecule has 0 aromatic carbocycles. The summed E-state index contributed by atoms with van der Waals surface area (Å²) in [6.07, 6.45) is 16.2. The van der Waals surface area contributed by atoms with Crippen LogP contribution < -0.4 is 0 Å². The van der Waals surface area contributed by atoms with Gasteiger partial charge in [-0.15, -0.1) is 0 Å². The van der Waals surface area contributed by atoms with Gasteiger partial charge in [-0.2, -0.15) is 0 Å². The lowest BCUT2D eigenvalue weighted by molar-refractivity contribution is -0.151. The topological polar surface area (TPSA) is 63.7 Å². The molecule has 1 saturated heterocycles. The predicted octanol–water partition coefficient (Wildman–Crippen LogP) is 7.36. The number of nitrogens with zero attached hydrogens (tertiary/aromatic N) is 1. The maximum Gasteiger partial charge on any atom is 0.306 e. The largest absolute Gasteiger partial charge is 0.462 e. The van der Waals surface area contributed by atoms with E-state index < -0.39 is 0 Å². The molecule has 0 bridgehead atoms. The van der Waals surface area contributed by atoms with E-state index >= 15 is 0 Å². The van der Waals surface area contributed by atoms with E-state index in [-0.39, 0.29) is 33.1 Å². The van der Waals surface area contributed by atoms with Crippen LogP contribution in [0.1, 0.15) is 111 Å². The summed E-state index contributed by atoms with van der Waals surface area (Å²) in [6, 6.07) is 0. The average molecular weight is 544 g/mol. The molecule has 210 valence electrons. The third-order valence-electron chi connectivity index (χ3n) is 7.72. The Hall–Kier alpha value is -0.530. The van der Waals surface area contributed by atoms with Crippen molar-refractivity contribution in [3.05, 3.63) is 0 Å². The van der Waals surface area contributed by atoms with Gasteiger partial charge in [-0.1, -0.05) is 76.9 Å². The second-order valence-electron chi connectivity index (χ2n) is 12.0. The first-order valence-corrected chi connectivity index (χ1v) is 16.4. The lowest BCUT2D eigenvalue weighted by atomic mass is 9.87. The number of hydrogen-bond donors (Lipinski definition) is 0. The summed E-state index contributed by atoms with van der Waals surface area (Å²) in [7, 11) is 2.14. The highest BCUT2D eigenvalue weighted by molar-refractivity contribution is 8.13. The second kappa shape index (κ2) is 17.1. The molecule has 0 aliphatic carbocycles. The summed E-state index contributed by atoms with van der Waals surface area (Å²) in [6.45, 7) is 10.3. The van der Waals surface area contributed by atoms with Crippen LogP contribution in [-0.4, -0.2) is 59.9 Å². The fourth-order valence-electron chi connectivity index (χ4n) is 4.99. The Morgan fingerprint density at radius 3 is 1.67 bits per heavy atom. The second-order valence-corrected chi connectivity index (χ2v) is 13.6. The Labute approximate surface area is 230 Å². The summed E-state index contributed by atoms with van der Waals surface area (Å²) in [4.78, 5) is 39.2. The molecule has 5 nitrogen and oxygen atoms in total. The fourth-order valence-corrected chi connectivity index (χ4v) is 6.30. The normalized spacial score (nSPS) is 15.9. The van der Waals surface area contributed by atoms with Crippen molar-refractivity contribution in [2.24, 2.45) is 16.7 Å². The van der Waals surface area contributed by atoms with Gasteiger partial charge in [0.25, 0.3) is 0 Å². The van der Waals surface area contributed by atoms with E-state index in [4.69, 9.17) is 4.74 Å². The van der Waals surface area contributed by atoms with E-state index in [0.717, 1.165) is 90.1 Å². The molecule has 7 heteroatoms. The molecule has 36 heavy (non-hydrogen) atoms. The van der Waals surface area contributed by atoms with E-state index in [0.29, 0.717) is 12.3 Å². The molecule has 0 unspecified atom stereocenters. The summed E-state index contributed by atoms with van der Waals surface area (Å²) < 4.78 is 6.02. The maximum atomic E-state index is 12.7. The lowest BCUT2D eigenvalue weighted by Crippen LogP contribution is -2.31. The molecular weight excluding hydrogens is 490 g/mol. The number of carbonyl (C=O) groups excluding carboxylic acids is 3. The van der Waals surface area contributed by atoms with Crippen molar-refractivity contribution in [2.75, 3.05) is 32.6 Å². The molecule has 1 fully saturated rings. The van der Waals surface area contributed by atoms with E-state index in [9.17, 15) is 14.4 Å². The van der Waals surface area contributed by atoms with Crippen LogP contribution >= 0.6 is 23.5 Å². The Morgan fingerprint density at radius 2 is 1.25 bits per heavy atom. The minimum atomic E-state index is -0.273. The number of likely N-dealkylation sites (tertiary alicyclic amines) is 1. The van der Waals surface area contributed by atoms with Crippen molar-refractivity contribution in [3.8, 4) is 0 Å². The number of unbranched alkanes of at least 4 members (excludes halogenated alkanes) is 4. The van der Waals surface area contributed by atoms with E-state index in [1.54, 1.807) is 0 Å². The van der Waals surface area contributed by atoms with Crippen LogP contribution in [0, 0.1) is 16.7 Å². The van der Waals surface area contributed by atoms with Crippen molar-refractivity contribution < 1.29 is 19.1 Å². The van der Waals surface area contributed by atoms with E-state index in [2.05, 4.69) is 11.9 Å². The van der Waals surface area contributed by atoms with Crippen LogP contribution in [0.25, 0.3) is 0 Å². The van der Waals surface area contributed by atoms with Gasteiger partial charge in [0, 0.05) is 17.3 Å². The molecule has 0 atom stereocenters.